The third kappa shape index (κ3) is 3.64. The molecular weight excluding hydrogens is 464 g/mol. The number of nitrogens with zero attached hydrogens (tertiary/aromatic N) is 3. The molecule has 2 aliphatic rings. The maximum absolute atomic E-state index is 13.0. The van der Waals surface area contributed by atoms with Crippen LogP contribution in [0.1, 0.15) is 25.5 Å². The number of hydrogen-bond acceptors (Lipinski definition) is 6. The fourth-order valence-electron chi connectivity index (χ4n) is 4.31. The highest BCUT2D eigenvalue weighted by Crippen LogP contribution is 2.43. The summed E-state index contributed by atoms with van der Waals surface area (Å²) in [6, 6.07) is 11.1. The van der Waals surface area contributed by atoms with Crippen molar-refractivity contribution >= 4 is 60.7 Å². The largest absolute Gasteiger partial charge is 0.351 e. The molecule has 0 radical (unpaired) electrons. The molecule has 2 aliphatic heterocycles. The SMILES string of the molecule is CC(=O)N1CCC2(CC1)CN=C(c1cc3cccc(N(C)S(=O)(=O)c4cccs4)c3[nH]1)S2. The normalized spacial score (nSPS) is 18.3. The number of nitrogens with one attached hydrogen (secondary N) is 1. The number of thioether (sulfide) groups is 1. The number of fused-ring (bicyclic) bond motifs is 1. The number of sulfonamides is 1. The molecule has 0 saturated carbocycles. The van der Waals surface area contributed by atoms with E-state index in [-0.39, 0.29) is 10.7 Å². The van der Waals surface area contributed by atoms with Crippen LogP contribution in [0.5, 0.6) is 0 Å². The van der Waals surface area contributed by atoms with Gasteiger partial charge < -0.3 is 9.88 Å². The number of aliphatic imine (C=N–C) groups is 1. The molecular formula is C22H24N4O3S3. The van der Waals surface area contributed by atoms with Crippen LogP contribution in [0.4, 0.5) is 5.69 Å². The molecule has 1 fully saturated rings. The van der Waals surface area contributed by atoms with Crippen molar-refractivity contribution in [3.8, 4) is 0 Å². The van der Waals surface area contributed by atoms with Crippen molar-refractivity contribution in [2.24, 2.45) is 4.99 Å². The van der Waals surface area contributed by atoms with Gasteiger partial charge in [0, 0.05) is 37.2 Å². The number of likely N-dealkylation sites (tertiary alicyclic amines) is 1. The topological polar surface area (TPSA) is 85.8 Å². The Bertz CT molecular complexity index is 1300. The molecule has 5 rings (SSSR count). The van der Waals surface area contributed by atoms with E-state index in [2.05, 4.69) is 4.98 Å². The zero-order chi connectivity index (χ0) is 22.5. The molecule has 1 spiro atoms. The van der Waals surface area contributed by atoms with Gasteiger partial charge in [-0.2, -0.15) is 0 Å². The van der Waals surface area contributed by atoms with E-state index in [1.165, 1.54) is 15.6 Å². The highest BCUT2D eigenvalue weighted by Gasteiger charge is 2.41. The molecule has 0 unspecified atom stereocenters. The molecule has 168 valence electrons. The Balaban J connectivity index is 1.42. The lowest BCUT2D eigenvalue weighted by molar-refractivity contribution is -0.129. The Morgan fingerprint density at radius 2 is 2.00 bits per heavy atom. The van der Waals surface area contributed by atoms with E-state index < -0.39 is 10.0 Å². The lowest BCUT2D eigenvalue weighted by Gasteiger charge is -2.37. The Labute approximate surface area is 195 Å². The number of carbonyl (C=O) groups is 1. The minimum absolute atomic E-state index is 0.0424. The van der Waals surface area contributed by atoms with Crippen LogP contribution in [0.3, 0.4) is 0 Å². The Morgan fingerprint density at radius 3 is 2.69 bits per heavy atom. The number of anilines is 1. The number of carbonyl (C=O) groups excluding carboxylic acids is 1. The van der Waals surface area contributed by atoms with Crippen molar-refractivity contribution in [1.82, 2.24) is 9.88 Å². The molecule has 1 aromatic carbocycles. The molecule has 0 bridgehead atoms. The first kappa shape index (κ1) is 21.5. The van der Waals surface area contributed by atoms with E-state index in [4.69, 9.17) is 4.99 Å². The van der Waals surface area contributed by atoms with Gasteiger partial charge in [-0.05, 0) is 36.4 Å². The van der Waals surface area contributed by atoms with Gasteiger partial charge in [0.2, 0.25) is 5.91 Å². The summed E-state index contributed by atoms with van der Waals surface area (Å²) >= 11 is 3.00. The van der Waals surface area contributed by atoms with Crippen LogP contribution in [0.25, 0.3) is 10.9 Å². The molecule has 3 aromatic rings. The first-order chi connectivity index (χ1) is 15.3. The second kappa shape index (κ2) is 7.93. The van der Waals surface area contributed by atoms with Gasteiger partial charge >= 0.3 is 0 Å². The lowest BCUT2D eigenvalue weighted by atomic mass is 9.96. The molecule has 1 N–H and O–H groups in total. The summed E-state index contributed by atoms with van der Waals surface area (Å²) < 4.78 is 27.8. The van der Waals surface area contributed by atoms with Gasteiger partial charge in [-0.25, -0.2) is 8.42 Å². The maximum Gasteiger partial charge on any atom is 0.273 e. The minimum Gasteiger partial charge on any atom is -0.351 e. The van der Waals surface area contributed by atoms with Crippen LogP contribution in [0.15, 0.2) is 51.0 Å². The van der Waals surface area contributed by atoms with Crippen molar-refractivity contribution in [3.05, 3.63) is 47.5 Å². The second-order valence-electron chi connectivity index (χ2n) is 8.24. The molecule has 10 heteroatoms. The van der Waals surface area contributed by atoms with Crippen LogP contribution in [-0.2, 0) is 14.8 Å². The van der Waals surface area contributed by atoms with Crippen LogP contribution in [0, 0.1) is 0 Å². The Kier molecular flexibility index (Phi) is 5.34. The molecule has 2 aromatic heterocycles. The van der Waals surface area contributed by atoms with Gasteiger partial charge in [0.15, 0.2) is 0 Å². The summed E-state index contributed by atoms with van der Waals surface area (Å²) in [5.74, 6) is 0.133. The number of piperidine rings is 1. The molecule has 1 amide bonds. The predicted molar refractivity (Wildman–Crippen MR) is 131 cm³/mol. The summed E-state index contributed by atoms with van der Waals surface area (Å²) in [4.78, 5) is 21.8. The summed E-state index contributed by atoms with van der Waals surface area (Å²) in [7, 11) is -2.03. The van der Waals surface area contributed by atoms with E-state index in [1.54, 1.807) is 43.2 Å². The van der Waals surface area contributed by atoms with Crippen molar-refractivity contribution in [3.63, 3.8) is 0 Å². The Hall–Kier alpha value is -2.30. The fraction of sp³-hybridized carbons (Fsp3) is 0.364. The zero-order valence-electron chi connectivity index (χ0n) is 17.9. The highest BCUT2D eigenvalue weighted by atomic mass is 32.2. The van der Waals surface area contributed by atoms with Crippen molar-refractivity contribution < 1.29 is 13.2 Å². The fourth-order valence-corrected chi connectivity index (χ4v) is 7.95. The van der Waals surface area contributed by atoms with Crippen molar-refractivity contribution in [2.75, 3.05) is 31.0 Å². The third-order valence-electron chi connectivity index (χ3n) is 6.26. The van der Waals surface area contributed by atoms with Gasteiger partial charge in [0.25, 0.3) is 10.0 Å². The standard InChI is InChI=1S/C22H24N4O3S3/c1-15(27)26-10-8-22(9-11-26)14-23-21(31-22)17-13-16-5-3-6-18(20(16)24-17)25(2)32(28,29)19-7-4-12-30-19/h3-7,12-13,24H,8-11,14H2,1-2H3. The highest BCUT2D eigenvalue weighted by molar-refractivity contribution is 8.15. The molecule has 0 atom stereocenters. The maximum atomic E-state index is 13.0. The first-order valence-electron chi connectivity index (χ1n) is 10.4. The number of amides is 1. The summed E-state index contributed by atoms with van der Waals surface area (Å²) in [5.41, 5.74) is 2.29. The van der Waals surface area contributed by atoms with Crippen molar-refractivity contribution in [2.45, 2.75) is 28.7 Å². The van der Waals surface area contributed by atoms with E-state index in [0.717, 1.165) is 54.1 Å². The number of aromatic amines is 1. The lowest BCUT2D eigenvalue weighted by Crippen LogP contribution is -2.45. The van der Waals surface area contributed by atoms with Gasteiger partial charge in [0.05, 0.1) is 23.4 Å². The number of rotatable bonds is 4. The number of aromatic nitrogens is 1. The van der Waals surface area contributed by atoms with Crippen LogP contribution >= 0.6 is 23.1 Å². The Morgan fingerprint density at radius 1 is 1.22 bits per heavy atom. The van der Waals surface area contributed by atoms with Gasteiger partial charge in [-0.1, -0.05) is 30.0 Å². The first-order valence-corrected chi connectivity index (χ1v) is 13.6. The van der Waals surface area contributed by atoms with Gasteiger partial charge in [-0.15, -0.1) is 11.3 Å². The molecule has 32 heavy (non-hydrogen) atoms. The monoisotopic (exact) mass is 488 g/mol. The van der Waals surface area contributed by atoms with Gasteiger partial charge in [0.1, 0.15) is 9.25 Å². The van der Waals surface area contributed by atoms with Crippen molar-refractivity contribution in [1.29, 1.82) is 0 Å². The average Bonchev–Trinajstić information content (AvgIpc) is 3.53. The van der Waals surface area contributed by atoms with E-state index >= 15 is 0 Å². The van der Waals surface area contributed by atoms with Crippen LogP contribution < -0.4 is 4.31 Å². The van der Waals surface area contributed by atoms with E-state index in [1.807, 2.05) is 29.2 Å². The number of H-pyrrole nitrogens is 1. The zero-order valence-corrected chi connectivity index (χ0v) is 20.3. The average molecular weight is 489 g/mol. The second-order valence-corrected chi connectivity index (χ2v) is 12.8. The number of thiophene rings is 1. The quantitative estimate of drug-likeness (QED) is 0.603. The number of hydrogen-bond donors (Lipinski definition) is 1. The molecule has 1 saturated heterocycles. The van der Waals surface area contributed by atoms with Crippen LogP contribution in [-0.4, -0.2) is 60.7 Å². The summed E-state index contributed by atoms with van der Waals surface area (Å²) in [5, 5.41) is 3.66. The molecule has 7 nitrogen and oxygen atoms in total. The van der Waals surface area contributed by atoms with Gasteiger partial charge in [-0.3, -0.25) is 14.1 Å². The minimum atomic E-state index is -3.62. The third-order valence-corrected chi connectivity index (χ3v) is 10.9. The summed E-state index contributed by atoms with van der Waals surface area (Å²) in [6.07, 6.45) is 1.86. The number of para-hydroxylation sites is 1. The van der Waals surface area contributed by atoms with E-state index in [0.29, 0.717) is 9.90 Å². The predicted octanol–water partition coefficient (Wildman–Crippen LogP) is 3.93. The van der Waals surface area contributed by atoms with Crippen LogP contribution in [0.2, 0.25) is 0 Å². The molecule has 0 aliphatic carbocycles. The van der Waals surface area contributed by atoms with E-state index in [9.17, 15) is 13.2 Å². The summed E-state index contributed by atoms with van der Waals surface area (Å²) in [6.45, 7) is 3.91. The number of benzene rings is 1. The smallest absolute Gasteiger partial charge is 0.273 e. The molecule has 4 heterocycles.